The average molecular weight is 199 g/mol. The van der Waals surface area contributed by atoms with Gasteiger partial charge in [-0.1, -0.05) is 26.7 Å². The molecule has 0 aromatic heterocycles. The predicted molar refractivity (Wildman–Crippen MR) is 60.9 cm³/mol. The summed E-state index contributed by atoms with van der Waals surface area (Å²) in [4.78, 5) is 0. The molecule has 1 aliphatic heterocycles. The summed E-state index contributed by atoms with van der Waals surface area (Å²) in [5.74, 6) is 0.668. The van der Waals surface area contributed by atoms with Crippen LogP contribution in [0.5, 0.6) is 0 Å². The summed E-state index contributed by atoms with van der Waals surface area (Å²) in [7, 11) is 0. The van der Waals surface area contributed by atoms with Gasteiger partial charge in [0.2, 0.25) is 0 Å². The Morgan fingerprint density at radius 1 is 1.29 bits per heavy atom. The van der Waals surface area contributed by atoms with Crippen LogP contribution in [-0.2, 0) is 0 Å². The first kappa shape index (κ1) is 12.0. The number of nitrogens with zero attached hydrogens (tertiary/aromatic N) is 1. The third-order valence-corrected chi connectivity index (χ3v) is 3.29. The monoisotopic (exact) mass is 199 g/mol. The third-order valence-electron chi connectivity index (χ3n) is 3.29. The Kier molecular flexibility index (Phi) is 5.45. The molecule has 84 valence electrons. The van der Waals surface area contributed by atoms with Crippen LogP contribution in [0.4, 0.5) is 0 Å². The van der Waals surface area contributed by atoms with Gasteiger partial charge in [-0.05, 0) is 18.8 Å². The molecule has 3 N–H and O–H groups in total. The van der Waals surface area contributed by atoms with E-state index in [0.717, 1.165) is 6.54 Å². The molecule has 1 fully saturated rings. The fourth-order valence-electron chi connectivity index (χ4n) is 1.95. The molecule has 0 spiro atoms. The van der Waals surface area contributed by atoms with E-state index in [4.69, 9.17) is 5.73 Å². The fraction of sp³-hybridized carbons (Fsp3) is 1.00. The summed E-state index contributed by atoms with van der Waals surface area (Å²) in [6.07, 6.45) is 5.23. The Balaban J connectivity index is 2.30. The second kappa shape index (κ2) is 6.38. The van der Waals surface area contributed by atoms with Gasteiger partial charge in [-0.25, -0.2) is 5.01 Å². The van der Waals surface area contributed by atoms with Crippen LogP contribution >= 0.6 is 0 Å². The Labute approximate surface area is 88.0 Å². The molecule has 0 amide bonds. The summed E-state index contributed by atoms with van der Waals surface area (Å²) < 4.78 is 0. The second-order valence-corrected chi connectivity index (χ2v) is 4.40. The zero-order chi connectivity index (χ0) is 10.4. The highest BCUT2D eigenvalue weighted by Crippen LogP contribution is 2.10. The van der Waals surface area contributed by atoms with E-state index in [1.54, 1.807) is 0 Å². The molecule has 1 heterocycles. The lowest BCUT2D eigenvalue weighted by atomic mass is 10.00. The summed E-state index contributed by atoms with van der Waals surface area (Å²) in [6, 6.07) is 0.457. The minimum atomic E-state index is 0.457. The predicted octanol–water partition coefficient (Wildman–Crippen LogP) is 1.35. The van der Waals surface area contributed by atoms with Crippen LogP contribution in [0.25, 0.3) is 0 Å². The maximum absolute atomic E-state index is 5.78. The maximum atomic E-state index is 5.78. The van der Waals surface area contributed by atoms with Crippen molar-refractivity contribution in [3.63, 3.8) is 0 Å². The van der Waals surface area contributed by atoms with Crippen LogP contribution < -0.4 is 11.2 Å². The molecule has 2 unspecified atom stereocenters. The van der Waals surface area contributed by atoms with Crippen molar-refractivity contribution in [3.05, 3.63) is 0 Å². The van der Waals surface area contributed by atoms with E-state index in [0.29, 0.717) is 12.0 Å². The van der Waals surface area contributed by atoms with Gasteiger partial charge < -0.3 is 5.73 Å². The number of rotatable bonds is 5. The number of nitrogens with two attached hydrogens (primary N) is 1. The average Bonchev–Trinajstić information content (AvgIpc) is 2.26. The van der Waals surface area contributed by atoms with E-state index in [9.17, 15) is 0 Å². The Morgan fingerprint density at radius 3 is 2.43 bits per heavy atom. The van der Waals surface area contributed by atoms with Gasteiger partial charge in [0.15, 0.2) is 0 Å². The van der Waals surface area contributed by atoms with E-state index < -0.39 is 0 Å². The van der Waals surface area contributed by atoms with Crippen LogP contribution in [0.2, 0.25) is 0 Å². The Hall–Kier alpha value is -0.120. The molecule has 0 aliphatic carbocycles. The number of hydrazine groups is 1. The first-order chi connectivity index (χ1) is 6.77. The molecule has 3 heteroatoms. The van der Waals surface area contributed by atoms with Crippen molar-refractivity contribution in [2.45, 2.75) is 45.6 Å². The van der Waals surface area contributed by atoms with Crippen molar-refractivity contribution in [2.75, 3.05) is 19.6 Å². The zero-order valence-corrected chi connectivity index (χ0v) is 9.63. The summed E-state index contributed by atoms with van der Waals surface area (Å²) in [6.45, 7) is 7.62. The van der Waals surface area contributed by atoms with Crippen molar-refractivity contribution >= 4 is 0 Å². The van der Waals surface area contributed by atoms with Gasteiger partial charge in [0.1, 0.15) is 0 Å². The van der Waals surface area contributed by atoms with Crippen LogP contribution in [0.3, 0.4) is 0 Å². The zero-order valence-electron chi connectivity index (χ0n) is 9.63. The second-order valence-electron chi connectivity index (χ2n) is 4.40. The van der Waals surface area contributed by atoms with Crippen LogP contribution in [0.1, 0.15) is 39.5 Å². The Bertz CT molecular complexity index is 143. The molecule has 1 rings (SSSR count). The lowest BCUT2D eigenvalue weighted by Crippen LogP contribution is -2.52. The number of hydrogen-bond acceptors (Lipinski definition) is 3. The normalized spacial score (nSPS) is 23.4. The molecular weight excluding hydrogens is 174 g/mol. The van der Waals surface area contributed by atoms with Gasteiger partial charge in [-0.3, -0.25) is 5.43 Å². The number of piperidine rings is 1. The first-order valence-corrected chi connectivity index (χ1v) is 5.99. The van der Waals surface area contributed by atoms with Crippen LogP contribution in [0.15, 0.2) is 0 Å². The Morgan fingerprint density at radius 2 is 1.93 bits per heavy atom. The molecule has 3 nitrogen and oxygen atoms in total. The molecular formula is C11H25N3. The van der Waals surface area contributed by atoms with Gasteiger partial charge in [0.25, 0.3) is 0 Å². The molecule has 0 saturated carbocycles. The SMILES string of the molecule is CCC(C)C(CN)NN1CCCCC1. The third kappa shape index (κ3) is 3.56. The van der Waals surface area contributed by atoms with E-state index in [1.807, 2.05) is 0 Å². The number of hydrogen-bond donors (Lipinski definition) is 2. The van der Waals surface area contributed by atoms with Crippen LogP contribution in [-0.4, -0.2) is 30.7 Å². The van der Waals surface area contributed by atoms with Gasteiger partial charge >= 0.3 is 0 Å². The van der Waals surface area contributed by atoms with Crippen LogP contribution in [0, 0.1) is 5.92 Å². The van der Waals surface area contributed by atoms with Gasteiger partial charge in [0, 0.05) is 25.7 Å². The van der Waals surface area contributed by atoms with Crippen molar-refractivity contribution < 1.29 is 0 Å². The molecule has 0 aromatic rings. The summed E-state index contributed by atoms with van der Waals surface area (Å²) in [5.41, 5.74) is 9.34. The minimum absolute atomic E-state index is 0.457. The quantitative estimate of drug-likeness (QED) is 0.702. The van der Waals surface area contributed by atoms with E-state index >= 15 is 0 Å². The topological polar surface area (TPSA) is 41.3 Å². The lowest BCUT2D eigenvalue weighted by Gasteiger charge is -2.33. The van der Waals surface area contributed by atoms with Gasteiger partial charge in [-0.15, -0.1) is 0 Å². The number of nitrogens with one attached hydrogen (secondary N) is 1. The van der Waals surface area contributed by atoms with E-state index in [-0.39, 0.29) is 0 Å². The van der Waals surface area contributed by atoms with Gasteiger partial charge in [-0.2, -0.15) is 0 Å². The fourth-order valence-corrected chi connectivity index (χ4v) is 1.95. The van der Waals surface area contributed by atoms with E-state index in [1.165, 1.54) is 38.8 Å². The van der Waals surface area contributed by atoms with Crippen molar-refractivity contribution in [1.29, 1.82) is 0 Å². The maximum Gasteiger partial charge on any atom is 0.0363 e. The smallest absolute Gasteiger partial charge is 0.0363 e. The highest BCUT2D eigenvalue weighted by Gasteiger charge is 2.18. The lowest BCUT2D eigenvalue weighted by molar-refractivity contribution is 0.111. The molecule has 0 bridgehead atoms. The largest absolute Gasteiger partial charge is 0.329 e. The minimum Gasteiger partial charge on any atom is -0.329 e. The van der Waals surface area contributed by atoms with Crippen molar-refractivity contribution in [2.24, 2.45) is 11.7 Å². The highest BCUT2D eigenvalue weighted by atomic mass is 15.5. The standard InChI is InChI=1S/C11H25N3/c1-3-10(2)11(9-12)13-14-7-5-4-6-8-14/h10-11,13H,3-9,12H2,1-2H3. The van der Waals surface area contributed by atoms with Crippen molar-refractivity contribution in [3.8, 4) is 0 Å². The van der Waals surface area contributed by atoms with Gasteiger partial charge in [0.05, 0.1) is 0 Å². The first-order valence-electron chi connectivity index (χ1n) is 5.99. The molecule has 14 heavy (non-hydrogen) atoms. The van der Waals surface area contributed by atoms with E-state index in [2.05, 4.69) is 24.3 Å². The molecule has 0 aromatic carbocycles. The molecule has 0 radical (unpaired) electrons. The van der Waals surface area contributed by atoms with Crippen molar-refractivity contribution in [1.82, 2.24) is 10.4 Å². The molecule has 1 aliphatic rings. The molecule has 1 saturated heterocycles. The molecule has 2 atom stereocenters. The summed E-state index contributed by atoms with van der Waals surface area (Å²) >= 11 is 0. The summed E-state index contributed by atoms with van der Waals surface area (Å²) in [5, 5.41) is 2.35. The highest BCUT2D eigenvalue weighted by molar-refractivity contribution is 4.73.